The highest BCUT2D eigenvalue weighted by atomic mass is 32.2. The number of fused-ring (bicyclic) bond motifs is 1. The van der Waals surface area contributed by atoms with Gasteiger partial charge in [0.2, 0.25) is 5.91 Å². The number of hydrogen-bond acceptors (Lipinski definition) is 6. The van der Waals surface area contributed by atoms with Gasteiger partial charge in [0.25, 0.3) is 11.6 Å². The van der Waals surface area contributed by atoms with E-state index < -0.39 is 10.8 Å². The lowest BCUT2D eigenvalue weighted by Crippen LogP contribution is -2.14. The van der Waals surface area contributed by atoms with Crippen LogP contribution in [0.1, 0.15) is 11.1 Å². The molecule has 4 aromatic carbocycles. The molecule has 0 radical (unpaired) electrons. The molecular weight excluding hydrogens is 500 g/mol. The quantitative estimate of drug-likeness (QED) is 0.0915. The molecule has 0 atom stereocenters. The first-order chi connectivity index (χ1) is 18.3. The highest BCUT2D eigenvalue weighted by molar-refractivity contribution is 8.00. The van der Waals surface area contributed by atoms with E-state index in [4.69, 9.17) is 0 Å². The summed E-state index contributed by atoms with van der Waals surface area (Å²) in [7, 11) is 0. The summed E-state index contributed by atoms with van der Waals surface area (Å²) in [6.07, 6.45) is 1.29. The van der Waals surface area contributed by atoms with E-state index in [2.05, 4.69) is 10.6 Å². The van der Waals surface area contributed by atoms with Crippen LogP contribution in [0.3, 0.4) is 0 Å². The first kappa shape index (κ1) is 26.1. The summed E-state index contributed by atoms with van der Waals surface area (Å²) in [6.45, 7) is 1.88. The Kier molecular flexibility index (Phi) is 8.16. The number of carbonyl (C=O) groups is 2. The number of hydrogen-bond donors (Lipinski definition) is 2. The number of benzene rings is 4. The first-order valence-corrected chi connectivity index (χ1v) is 12.5. The van der Waals surface area contributed by atoms with Gasteiger partial charge in [-0.15, -0.1) is 11.8 Å². The third-order valence-electron chi connectivity index (χ3n) is 5.52. The molecule has 0 aliphatic carbocycles. The van der Waals surface area contributed by atoms with Crippen LogP contribution in [0, 0.1) is 28.4 Å². The number of rotatable bonds is 8. The normalized spacial score (nSPS) is 11.0. The minimum Gasteiger partial charge on any atom is -0.325 e. The maximum atomic E-state index is 12.6. The predicted molar refractivity (Wildman–Crippen MR) is 150 cm³/mol. The minimum atomic E-state index is -0.621. The molecule has 0 unspecified atom stereocenters. The first-order valence-electron chi connectivity index (χ1n) is 11.5. The predicted octanol–water partition coefficient (Wildman–Crippen LogP) is 6.33. The summed E-state index contributed by atoms with van der Waals surface area (Å²) in [5, 5.41) is 28.7. The molecule has 0 bridgehead atoms. The number of nitro benzene ring substituents is 1. The number of amides is 2. The molecule has 0 saturated heterocycles. The van der Waals surface area contributed by atoms with E-state index in [1.165, 1.54) is 18.2 Å². The zero-order chi connectivity index (χ0) is 27.1. The van der Waals surface area contributed by atoms with Gasteiger partial charge in [-0.1, -0.05) is 48.5 Å². The molecule has 8 nitrogen and oxygen atoms in total. The van der Waals surface area contributed by atoms with E-state index in [1.807, 2.05) is 55.5 Å². The highest BCUT2D eigenvalue weighted by Crippen LogP contribution is 2.31. The van der Waals surface area contributed by atoms with E-state index in [-0.39, 0.29) is 22.9 Å². The fourth-order valence-electron chi connectivity index (χ4n) is 3.73. The molecule has 4 rings (SSSR count). The molecular formula is C29H22N4O4S. The highest BCUT2D eigenvalue weighted by Gasteiger charge is 2.17. The second-order valence-corrected chi connectivity index (χ2v) is 9.39. The smallest absolute Gasteiger partial charge is 0.283 e. The second kappa shape index (κ2) is 11.9. The number of nitrogens with one attached hydrogen (secondary N) is 2. The lowest BCUT2D eigenvalue weighted by atomic mass is 10.1. The molecule has 0 aliphatic heterocycles. The van der Waals surface area contributed by atoms with Crippen molar-refractivity contribution in [3.05, 3.63) is 112 Å². The largest absolute Gasteiger partial charge is 0.325 e. The van der Waals surface area contributed by atoms with Crippen LogP contribution < -0.4 is 10.6 Å². The number of nitrogens with zero attached hydrogens (tertiary/aromatic N) is 2. The van der Waals surface area contributed by atoms with Crippen molar-refractivity contribution in [3.63, 3.8) is 0 Å². The van der Waals surface area contributed by atoms with Crippen LogP contribution in [0.2, 0.25) is 0 Å². The van der Waals surface area contributed by atoms with Crippen molar-refractivity contribution in [3.8, 4) is 6.07 Å². The van der Waals surface area contributed by atoms with Gasteiger partial charge >= 0.3 is 0 Å². The molecule has 2 N–H and O–H groups in total. The zero-order valence-corrected chi connectivity index (χ0v) is 21.1. The SMILES string of the molecule is Cc1cccc(NC(=O)/C(C#N)=C/c2ccc(SCC(=O)Nc3ccc4ccccc4c3)c([N+](=O)[O-])c2)c1. The van der Waals surface area contributed by atoms with Gasteiger partial charge in [0.15, 0.2) is 0 Å². The van der Waals surface area contributed by atoms with Gasteiger partial charge in [-0.2, -0.15) is 5.26 Å². The van der Waals surface area contributed by atoms with Crippen LogP contribution in [0.25, 0.3) is 16.8 Å². The van der Waals surface area contributed by atoms with Crippen LogP contribution in [-0.2, 0) is 9.59 Å². The van der Waals surface area contributed by atoms with Crippen molar-refractivity contribution >= 4 is 57.5 Å². The summed E-state index contributed by atoms with van der Waals surface area (Å²) >= 11 is 1.03. The molecule has 0 aromatic heterocycles. The Labute approximate surface area is 223 Å². The molecule has 2 amide bonds. The van der Waals surface area contributed by atoms with E-state index in [0.717, 1.165) is 28.1 Å². The van der Waals surface area contributed by atoms with Gasteiger partial charge < -0.3 is 10.6 Å². The lowest BCUT2D eigenvalue weighted by Gasteiger charge is -2.08. The molecule has 4 aromatic rings. The Balaban J connectivity index is 1.45. The Morgan fingerprint density at radius 1 is 0.947 bits per heavy atom. The number of carbonyl (C=O) groups excluding carboxylic acids is 2. The van der Waals surface area contributed by atoms with E-state index >= 15 is 0 Å². The summed E-state index contributed by atoms with van der Waals surface area (Å²) in [5.74, 6) is -0.960. The van der Waals surface area contributed by atoms with Gasteiger partial charge in [0.1, 0.15) is 11.6 Å². The number of aryl methyl sites for hydroxylation is 1. The van der Waals surface area contributed by atoms with Crippen LogP contribution >= 0.6 is 11.8 Å². The van der Waals surface area contributed by atoms with E-state index in [9.17, 15) is 25.0 Å². The van der Waals surface area contributed by atoms with Crippen molar-refractivity contribution in [1.29, 1.82) is 5.26 Å². The van der Waals surface area contributed by atoms with Crippen LogP contribution in [0.15, 0.2) is 95.4 Å². The number of nitro groups is 1. The molecule has 9 heteroatoms. The minimum absolute atomic E-state index is 0.0365. The average molecular weight is 523 g/mol. The number of anilines is 2. The Morgan fingerprint density at radius 3 is 2.45 bits per heavy atom. The fraction of sp³-hybridized carbons (Fsp3) is 0.0690. The maximum absolute atomic E-state index is 12.6. The Morgan fingerprint density at radius 2 is 1.71 bits per heavy atom. The summed E-state index contributed by atoms with van der Waals surface area (Å²) in [5.41, 5.74) is 2.01. The summed E-state index contributed by atoms with van der Waals surface area (Å²) < 4.78 is 0. The van der Waals surface area contributed by atoms with Crippen LogP contribution in [0.4, 0.5) is 17.1 Å². The molecule has 188 valence electrons. The molecule has 0 fully saturated rings. The van der Waals surface area contributed by atoms with Crippen molar-refractivity contribution in [2.45, 2.75) is 11.8 Å². The molecule has 0 spiro atoms. The van der Waals surface area contributed by atoms with Crippen molar-refractivity contribution in [2.24, 2.45) is 0 Å². The standard InChI is InChI=1S/C29H22N4O4S/c1-19-5-4-8-24(13-19)32-29(35)23(17-30)14-20-9-12-27(26(15-20)33(36)37)38-18-28(34)31-25-11-10-21-6-2-3-7-22(21)16-25/h2-16H,18H2,1H3,(H,31,34)(H,32,35)/b23-14+. The maximum Gasteiger partial charge on any atom is 0.283 e. The molecule has 0 saturated carbocycles. The van der Waals surface area contributed by atoms with Gasteiger partial charge in [-0.05, 0) is 65.2 Å². The third-order valence-corrected chi connectivity index (χ3v) is 6.59. The summed E-state index contributed by atoms with van der Waals surface area (Å²) in [4.78, 5) is 36.5. The molecule has 0 heterocycles. The van der Waals surface area contributed by atoms with Gasteiger partial charge in [0.05, 0.1) is 15.6 Å². The molecule has 38 heavy (non-hydrogen) atoms. The number of nitriles is 1. The van der Waals surface area contributed by atoms with Gasteiger partial charge in [-0.25, -0.2) is 0 Å². The lowest BCUT2D eigenvalue weighted by molar-refractivity contribution is -0.387. The van der Waals surface area contributed by atoms with Gasteiger partial charge in [-0.3, -0.25) is 19.7 Å². The monoisotopic (exact) mass is 522 g/mol. The molecule has 0 aliphatic rings. The fourth-order valence-corrected chi connectivity index (χ4v) is 4.54. The van der Waals surface area contributed by atoms with Crippen molar-refractivity contribution in [2.75, 3.05) is 16.4 Å². The van der Waals surface area contributed by atoms with Crippen molar-refractivity contribution in [1.82, 2.24) is 0 Å². The topological polar surface area (TPSA) is 125 Å². The van der Waals surface area contributed by atoms with Gasteiger partial charge in [0, 0.05) is 17.4 Å². The van der Waals surface area contributed by atoms with Crippen LogP contribution in [-0.4, -0.2) is 22.5 Å². The second-order valence-electron chi connectivity index (χ2n) is 8.38. The number of thioether (sulfide) groups is 1. The van der Waals surface area contributed by atoms with E-state index in [1.54, 1.807) is 30.3 Å². The zero-order valence-electron chi connectivity index (χ0n) is 20.3. The third kappa shape index (κ3) is 6.63. The average Bonchev–Trinajstić information content (AvgIpc) is 2.90. The summed E-state index contributed by atoms with van der Waals surface area (Å²) in [6, 6.07) is 26.7. The van der Waals surface area contributed by atoms with Crippen molar-refractivity contribution < 1.29 is 14.5 Å². The Hall–Kier alpha value is -4.94. The Bertz CT molecular complexity index is 1620. The van der Waals surface area contributed by atoms with E-state index in [0.29, 0.717) is 21.8 Å². The van der Waals surface area contributed by atoms with Crippen LogP contribution in [0.5, 0.6) is 0 Å².